The fraction of sp³-hybridized carbons (Fsp3) is 0.538. The van der Waals surface area contributed by atoms with E-state index in [-0.39, 0.29) is 23.8 Å². The lowest BCUT2D eigenvalue weighted by Crippen LogP contribution is -2.26. The average Bonchev–Trinajstić information content (AvgIpc) is 2.17. The molecule has 1 nitrogen and oxygen atoms in total. The van der Waals surface area contributed by atoms with E-state index in [1.54, 1.807) is 6.07 Å². The zero-order valence-corrected chi connectivity index (χ0v) is 10.7. The summed E-state index contributed by atoms with van der Waals surface area (Å²) < 4.78 is 13.1. The predicted octanol–water partition coefficient (Wildman–Crippen LogP) is 3.68. The largest absolute Gasteiger partial charge is 0.396 e. The van der Waals surface area contributed by atoms with Crippen molar-refractivity contribution in [3.63, 3.8) is 0 Å². The highest BCUT2D eigenvalue weighted by Crippen LogP contribution is 2.31. The second-order valence-corrected chi connectivity index (χ2v) is 5.59. The van der Waals surface area contributed by atoms with Gasteiger partial charge in [0.2, 0.25) is 0 Å². The quantitative estimate of drug-likeness (QED) is 0.860. The molecule has 0 spiro atoms. The summed E-state index contributed by atoms with van der Waals surface area (Å²) in [4.78, 5) is 0. The second-order valence-electron chi connectivity index (χ2n) is 5.19. The molecule has 0 saturated heterocycles. The van der Waals surface area contributed by atoms with Crippen LogP contribution in [0.4, 0.5) is 4.39 Å². The predicted molar refractivity (Wildman–Crippen MR) is 65.1 cm³/mol. The van der Waals surface area contributed by atoms with E-state index in [9.17, 15) is 9.50 Å². The van der Waals surface area contributed by atoms with E-state index in [0.717, 1.165) is 5.56 Å². The van der Waals surface area contributed by atoms with Crippen LogP contribution < -0.4 is 0 Å². The summed E-state index contributed by atoms with van der Waals surface area (Å²) in [6.07, 6.45) is 0.594. The van der Waals surface area contributed by atoms with Crippen molar-refractivity contribution in [3.05, 3.63) is 34.6 Å². The van der Waals surface area contributed by atoms with E-state index >= 15 is 0 Å². The number of hydrogen-bond donors (Lipinski definition) is 1. The van der Waals surface area contributed by atoms with Crippen molar-refractivity contribution in [2.75, 3.05) is 6.61 Å². The zero-order chi connectivity index (χ0) is 12.3. The average molecular weight is 245 g/mol. The van der Waals surface area contributed by atoms with E-state index in [0.29, 0.717) is 11.4 Å². The Balaban J connectivity index is 2.90. The fourth-order valence-corrected chi connectivity index (χ4v) is 1.80. The number of aliphatic hydroxyl groups is 1. The van der Waals surface area contributed by atoms with Gasteiger partial charge < -0.3 is 5.11 Å². The number of hydrogen-bond acceptors (Lipinski definition) is 1. The molecule has 0 aliphatic heterocycles. The first kappa shape index (κ1) is 13.5. The molecule has 0 aliphatic rings. The summed E-state index contributed by atoms with van der Waals surface area (Å²) in [6, 6.07) is 4.34. The van der Waals surface area contributed by atoms with Crippen LogP contribution in [0.15, 0.2) is 18.2 Å². The van der Waals surface area contributed by atoms with Crippen molar-refractivity contribution >= 4 is 11.6 Å². The van der Waals surface area contributed by atoms with Crippen molar-refractivity contribution in [1.82, 2.24) is 0 Å². The smallest absolute Gasteiger partial charge is 0.123 e. The third-order valence-corrected chi connectivity index (χ3v) is 3.29. The summed E-state index contributed by atoms with van der Waals surface area (Å²) in [5, 5.41) is 9.91. The third kappa shape index (κ3) is 3.46. The van der Waals surface area contributed by atoms with Crippen LogP contribution >= 0.6 is 11.6 Å². The second kappa shape index (κ2) is 5.15. The van der Waals surface area contributed by atoms with E-state index in [4.69, 9.17) is 11.6 Å². The van der Waals surface area contributed by atoms with Gasteiger partial charge in [-0.1, -0.05) is 32.4 Å². The highest BCUT2D eigenvalue weighted by atomic mass is 35.5. The normalized spacial score (nSPS) is 13.9. The lowest BCUT2D eigenvalue weighted by Gasteiger charge is -2.29. The summed E-state index contributed by atoms with van der Waals surface area (Å²) in [6.45, 7) is 6.25. The molecule has 1 rings (SSSR count). The number of aliphatic hydroxyl groups excluding tert-OH is 1. The van der Waals surface area contributed by atoms with Gasteiger partial charge in [-0.2, -0.15) is 0 Å². The Bertz CT molecular complexity index is 357. The molecule has 0 heterocycles. The number of benzene rings is 1. The minimum Gasteiger partial charge on any atom is -0.396 e. The van der Waals surface area contributed by atoms with Crippen molar-refractivity contribution in [3.8, 4) is 0 Å². The van der Waals surface area contributed by atoms with Crippen molar-refractivity contribution in [1.29, 1.82) is 0 Å². The van der Waals surface area contributed by atoms with Crippen molar-refractivity contribution < 1.29 is 9.50 Å². The third-order valence-electron chi connectivity index (χ3n) is 2.92. The van der Waals surface area contributed by atoms with Gasteiger partial charge in [-0.05, 0) is 41.5 Å². The molecule has 16 heavy (non-hydrogen) atoms. The van der Waals surface area contributed by atoms with Crippen molar-refractivity contribution in [2.24, 2.45) is 11.3 Å². The Morgan fingerprint density at radius 2 is 2.00 bits per heavy atom. The van der Waals surface area contributed by atoms with Crippen LogP contribution in [-0.2, 0) is 6.42 Å². The maximum Gasteiger partial charge on any atom is 0.123 e. The maximum atomic E-state index is 13.1. The Hall–Kier alpha value is -0.600. The highest BCUT2D eigenvalue weighted by molar-refractivity contribution is 6.31. The van der Waals surface area contributed by atoms with E-state index in [2.05, 4.69) is 20.8 Å². The van der Waals surface area contributed by atoms with Crippen LogP contribution in [0.25, 0.3) is 0 Å². The molecule has 90 valence electrons. The molecule has 1 atom stereocenters. The Morgan fingerprint density at radius 1 is 1.38 bits per heavy atom. The van der Waals surface area contributed by atoms with Gasteiger partial charge in [0.05, 0.1) is 0 Å². The van der Waals surface area contributed by atoms with E-state index in [1.807, 2.05) is 0 Å². The molecule has 1 aromatic rings. The molecular formula is C13H18ClFO. The molecule has 0 fully saturated rings. The lowest BCUT2D eigenvalue weighted by molar-refractivity contribution is 0.131. The Morgan fingerprint density at radius 3 is 2.50 bits per heavy atom. The first-order valence-electron chi connectivity index (χ1n) is 5.39. The van der Waals surface area contributed by atoms with Gasteiger partial charge in [0.15, 0.2) is 0 Å². The molecule has 0 radical (unpaired) electrons. The fourth-order valence-electron chi connectivity index (χ4n) is 1.61. The van der Waals surface area contributed by atoms with Crippen LogP contribution in [0, 0.1) is 17.2 Å². The lowest BCUT2D eigenvalue weighted by atomic mass is 9.78. The molecule has 0 bridgehead atoms. The van der Waals surface area contributed by atoms with Crippen LogP contribution in [0.5, 0.6) is 0 Å². The van der Waals surface area contributed by atoms with E-state index in [1.165, 1.54) is 12.1 Å². The summed E-state index contributed by atoms with van der Waals surface area (Å²) in [7, 11) is 0. The van der Waals surface area contributed by atoms with Crippen LogP contribution in [0.3, 0.4) is 0 Å². The summed E-state index contributed by atoms with van der Waals surface area (Å²) in [5.74, 6) is -0.211. The highest BCUT2D eigenvalue weighted by Gasteiger charge is 2.24. The van der Waals surface area contributed by atoms with Gasteiger partial charge >= 0.3 is 0 Å². The Kier molecular flexibility index (Phi) is 4.34. The van der Waals surface area contributed by atoms with Crippen LogP contribution in [0.2, 0.25) is 5.02 Å². The monoisotopic (exact) mass is 244 g/mol. The van der Waals surface area contributed by atoms with Gasteiger partial charge in [0.1, 0.15) is 5.82 Å². The molecule has 1 N–H and O–H groups in total. The molecule has 3 heteroatoms. The summed E-state index contributed by atoms with van der Waals surface area (Å²) >= 11 is 6.00. The standard InChI is InChI=1S/C13H18ClFO/c1-13(2,3)10(8-16)6-9-7-11(15)4-5-12(9)14/h4-5,7,10,16H,6,8H2,1-3H3. The van der Waals surface area contributed by atoms with Gasteiger partial charge in [-0.15, -0.1) is 0 Å². The minimum atomic E-state index is -0.287. The maximum absolute atomic E-state index is 13.1. The molecule has 0 aromatic heterocycles. The van der Waals surface area contributed by atoms with Gasteiger partial charge in [0.25, 0.3) is 0 Å². The minimum absolute atomic E-state index is 0.0234. The SMILES string of the molecule is CC(C)(C)C(CO)Cc1cc(F)ccc1Cl. The molecule has 0 amide bonds. The molecule has 0 saturated carbocycles. The molecule has 0 aliphatic carbocycles. The number of halogens is 2. The van der Waals surface area contributed by atoms with Crippen molar-refractivity contribution in [2.45, 2.75) is 27.2 Å². The Labute approximate surface area is 101 Å². The van der Waals surface area contributed by atoms with Gasteiger partial charge in [-0.25, -0.2) is 4.39 Å². The van der Waals surface area contributed by atoms with E-state index < -0.39 is 0 Å². The van der Waals surface area contributed by atoms with Gasteiger partial charge in [0, 0.05) is 11.6 Å². The van der Waals surface area contributed by atoms with Crippen LogP contribution in [0.1, 0.15) is 26.3 Å². The first-order chi connectivity index (χ1) is 7.34. The zero-order valence-electron chi connectivity index (χ0n) is 9.93. The topological polar surface area (TPSA) is 20.2 Å². The summed E-state index contributed by atoms with van der Waals surface area (Å²) in [5.41, 5.74) is 0.736. The molecule has 1 aromatic carbocycles. The van der Waals surface area contributed by atoms with Gasteiger partial charge in [-0.3, -0.25) is 0 Å². The number of rotatable bonds is 3. The molecular weight excluding hydrogens is 227 g/mol. The van der Waals surface area contributed by atoms with Crippen LogP contribution in [-0.4, -0.2) is 11.7 Å². The first-order valence-corrected chi connectivity index (χ1v) is 5.77. The molecule has 1 unspecified atom stereocenters.